The van der Waals surface area contributed by atoms with E-state index in [9.17, 15) is 15.0 Å². The number of hydrogen-bond donors (Lipinski definition) is 2. The SMILES string of the molecule is O=C(CN(Cc1ccccc1)Cc1ccccc1)[C@H](O)[C@H]1O[C@@H](c2ccccc2)OC[C@H]1O. The molecule has 0 aliphatic carbocycles. The van der Waals surface area contributed by atoms with Crippen LogP contribution in [-0.4, -0.2) is 52.4 Å². The van der Waals surface area contributed by atoms with Crippen molar-refractivity contribution in [3.05, 3.63) is 108 Å². The van der Waals surface area contributed by atoms with E-state index >= 15 is 0 Å². The molecule has 0 unspecified atom stereocenters. The van der Waals surface area contributed by atoms with Crippen LogP contribution in [0.5, 0.6) is 0 Å². The van der Waals surface area contributed by atoms with Crippen molar-refractivity contribution in [2.75, 3.05) is 13.2 Å². The maximum absolute atomic E-state index is 13.1. The summed E-state index contributed by atoms with van der Waals surface area (Å²) in [5.74, 6) is -0.403. The predicted octanol–water partition coefficient (Wildman–Crippen LogP) is 3.09. The molecule has 0 radical (unpaired) electrons. The average molecular weight is 448 g/mol. The molecule has 1 fully saturated rings. The van der Waals surface area contributed by atoms with Gasteiger partial charge in [0, 0.05) is 18.7 Å². The number of aliphatic hydroxyl groups is 2. The summed E-state index contributed by atoms with van der Waals surface area (Å²) in [5.41, 5.74) is 2.91. The van der Waals surface area contributed by atoms with Gasteiger partial charge in [0.2, 0.25) is 0 Å². The summed E-state index contributed by atoms with van der Waals surface area (Å²) in [6.07, 6.45) is -4.37. The van der Waals surface area contributed by atoms with E-state index in [1.807, 2.05) is 95.9 Å². The molecule has 1 aliphatic rings. The van der Waals surface area contributed by atoms with Gasteiger partial charge >= 0.3 is 0 Å². The monoisotopic (exact) mass is 447 g/mol. The molecule has 33 heavy (non-hydrogen) atoms. The first kappa shape index (κ1) is 23.3. The predicted molar refractivity (Wildman–Crippen MR) is 124 cm³/mol. The zero-order chi connectivity index (χ0) is 23.0. The molecule has 1 saturated heterocycles. The molecule has 6 nitrogen and oxygen atoms in total. The van der Waals surface area contributed by atoms with Gasteiger partial charge in [-0.25, -0.2) is 0 Å². The molecule has 0 bridgehead atoms. The number of Topliss-reactive ketones (excluding diaryl/α,β-unsaturated/α-hetero) is 1. The number of hydrogen-bond acceptors (Lipinski definition) is 6. The van der Waals surface area contributed by atoms with Gasteiger partial charge in [-0.3, -0.25) is 9.69 Å². The Balaban J connectivity index is 1.45. The lowest BCUT2D eigenvalue weighted by molar-refractivity contribution is -0.272. The Hall–Kier alpha value is -2.87. The Bertz CT molecular complexity index is 957. The molecule has 3 aromatic rings. The molecule has 0 amide bonds. The van der Waals surface area contributed by atoms with E-state index < -0.39 is 30.4 Å². The number of ether oxygens (including phenoxy) is 2. The molecule has 0 aromatic heterocycles. The van der Waals surface area contributed by atoms with Gasteiger partial charge in [0.25, 0.3) is 0 Å². The van der Waals surface area contributed by atoms with Gasteiger partial charge in [-0.1, -0.05) is 91.0 Å². The highest BCUT2D eigenvalue weighted by Gasteiger charge is 2.39. The minimum absolute atomic E-state index is 0.0215. The van der Waals surface area contributed by atoms with Crippen LogP contribution in [0.4, 0.5) is 0 Å². The zero-order valence-electron chi connectivity index (χ0n) is 18.4. The normalized spacial score (nSPS) is 21.6. The zero-order valence-corrected chi connectivity index (χ0v) is 18.4. The van der Waals surface area contributed by atoms with E-state index in [0.29, 0.717) is 13.1 Å². The van der Waals surface area contributed by atoms with Crippen molar-refractivity contribution in [3.8, 4) is 0 Å². The van der Waals surface area contributed by atoms with Crippen LogP contribution in [0.25, 0.3) is 0 Å². The van der Waals surface area contributed by atoms with E-state index in [1.54, 1.807) is 0 Å². The summed E-state index contributed by atoms with van der Waals surface area (Å²) < 4.78 is 11.4. The minimum Gasteiger partial charge on any atom is -0.388 e. The van der Waals surface area contributed by atoms with Gasteiger partial charge in [0.1, 0.15) is 18.3 Å². The number of rotatable bonds is 9. The van der Waals surface area contributed by atoms with Crippen LogP contribution in [0, 0.1) is 0 Å². The fourth-order valence-electron chi connectivity index (χ4n) is 3.97. The maximum Gasteiger partial charge on any atom is 0.184 e. The third-order valence-electron chi connectivity index (χ3n) is 5.67. The van der Waals surface area contributed by atoms with Crippen LogP contribution < -0.4 is 0 Å². The largest absolute Gasteiger partial charge is 0.388 e. The highest BCUT2D eigenvalue weighted by atomic mass is 16.7. The molecule has 1 aliphatic heterocycles. The number of ketones is 1. The van der Waals surface area contributed by atoms with E-state index in [2.05, 4.69) is 0 Å². The standard InChI is InChI=1S/C27H29NO5/c29-23(25(31)26-24(30)19-32-27(33-26)22-14-8-3-9-15-22)18-28(16-20-10-4-1-5-11-20)17-21-12-6-2-7-13-21/h1-15,24-27,30-31H,16-19H2/t24-,25+,26+,27+/m1/s1. The van der Waals surface area contributed by atoms with E-state index in [4.69, 9.17) is 9.47 Å². The molecule has 0 spiro atoms. The molecule has 4 rings (SSSR count). The van der Waals surface area contributed by atoms with E-state index in [-0.39, 0.29) is 13.2 Å². The first-order valence-corrected chi connectivity index (χ1v) is 11.1. The van der Waals surface area contributed by atoms with Gasteiger partial charge in [0.05, 0.1) is 13.2 Å². The number of benzene rings is 3. The molecular weight excluding hydrogens is 418 g/mol. The lowest BCUT2D eigenvalue weighted by Crippen LogP contribution is -2.52. The second kappa shape index (κ2) is 11.3. The van der Waals surface area contributed by atoms with Gasteiger partial charge in [-0.05, 0) is 11.1 Å². The number of nitrogens with zero attached hydrogens (tertiary/aromatic N) is 1. The lowest BCUT2D eigenvalue weighted by Gasteiger charge is -2.36. The Morgan fingerprint density at radius 2 is 1.39 bits per heavy atom. The van der Waals surface area contributed by atoms with Crippen molar-refractivity contribution < 1.29 is 24.5 Å². The maximum atomic E-state index is 13.1. The first-order chi connectivity index (χ1) is 16.1. The third-order valence-corrected chi connectivity index (χ3v) is 5.67. The van der Waals surface area contributed by atoms with Crippen LogP contribution in [0.1, 0.15) is 23.0 Å². The summed E-state index contributed by atoms with van der Waals surface area (Å²) in [6, 6.07) is 29.1. The van der Waals surface area contributed by atoms with Gasteiger partial charge in [-0.2, -0.15) is 0 Å². The first-order valence-electron chi connectivity index (χ1n) is 11.1. The average Bonchev–Trinajstić information content (AvgIpc) is 2.85. The molecule has 6 heteroatoms. The topological polar surface area (TPSA) is 79.2 Å². The van der Waals surface area contributed by atoms with Crippen molar-refractivity contribution in [2.24, 2.45) is 0 Å². The summed E-state index contributed by atoms with van der Waals surface area (Å²) in [5, 5.41) is 21.2. The Kier molecular flexibility index (Phi) is 7.99. The molecule has 172 valence electrons. The third kappa shape index (κ3) is 6.35. The van der Waals surface area contributed by atoms with E-state index in [1.165, 1.54) is 0 Å². The number of carbonyl (C=O) groups is 1. The summed E-state index contributed by atoms with van der Waals surface area (Å²) >= 11 is 0. The van der Waals surface area contributed by atoms with Gasteiger partial charge in [-0.15, -0.1) is 0 Å². The highest BCUT2D eigenvalue weighted by Crippen LogP contribution is 2.28. The number of aliphatic hydroxyl groups excluding tert-OH is 2. The van der Waals surface area contributed by atoms with Crippen LogP contribution >= 0.6 is 0 Å². The quantitative estimate of drug-likeness (QED) is 0.525. The Morgan fingerprint density at radius 3 is 1.94 bits per heavy atom. The molecular formula is C27H29NO5. The minimum atomic E-state index is -1.47. The fraction of sp³-hybridized carbons (Fsp3) is 0.296. The second-order valence-electron chi connectivity index (χ2n) is 8.27. The van der Waals surface area contributed by atoms with Crippen LogP contribution in [0.3, 0.4) is 0 Å². The molecule has 1 heterocycles. The molecule has 0 saturated carbocycles. The Morgan fingerprint density at radius 1 is 0.879 bits per heavy atom. The van der Waals surface area contributed by atoms with Crippen molar-refractivity contribution in [1.29, 1.82) is 0 Å². The second-order valence-corrected chi connectivity index (χ2v) is 8.27. The Labute approximate surface area is 194 Å². The summed E-state index contributed by atoms with van der Waals surface area (Å²) in [7, 11) is 0. The highest BCUT2D eigenvalue weighted by molar-refractivity contribution is 5.85. The van der Waals surface area contributed by atoms with Gasteiger partial charge < -0.3 is 19.7 Å². The van der Waals surface area contributed by atoms with Crippen molar-refractivity contribution in [1.82, 2.24) is 4.90 Å². The van der Waals surface area contributed by atoms with Crippen molar-refractivity contribution in [2.45, 2.75) is 37.7 Å². The fourth-order valence-corrected chi connectivity index (χ4v) is 3.97. The van der Waals surface area contributed by atoms with Gasteiger partial charge in [0.15, 0.2) is 12.1 Å². The lowest BCUT2D eigenvalue weighted by atomic mass is 10.0. The molecule has 4 atom stereocenters. The van der Waals surface area contributed by atoms with Crippen LogP contribution in [0.2, 0.25) is 0 Å². The summed E-state index contributed by atoms with van der Waals surface area (Å²) in [6.45, 7) is 1.11. The van der Waals surface area contributed by atoms with Crippen LogP contribution in [0.15, 0.2) is 91.0 Å². The smallest absolute Gasteiger partial charge is 0.184 e. The molecule has 2 N–H and O–H groups in total. The molecule has 3 aromatic carbocycles. The van der Waals surface area contributed by atoms with E-state index in [0.717, 1.165) is 16.7 Å². The van der Waals surface area contributed by atoms with Crippen LogP contribution in [-0.2, 0) is 27.4 Å². The van der Waals surface area contributed by atoms with Crippen molar-refractivity contribution in [3.63, 3.8) is 0 Å². The number of carbonyl (C=O) groups excluding carboxylic acids is 1. The van der Waals surface area contributed by atoms with Crippen molar-refractivity contribution >= 4 is 5.78 Å². The summed E-state index contributed by atoms with van der Waals surface area (Å²) in [4.78, 5) is 15.1.